The van der Waals surface area contributed by atoms with Gasteiger partial charge in [-0.1, -0.05) is 38.1 Å². The number of hydrogen-bond acceptors (Lipinski definition) is 4. The Balaban J connectivity index is 1.19. The number of halogens is 2. The first-order valence-corrected chi connectivity index (χ1v) is 16.2. The Morgan fingerprint density at radius 2 is 1.98 bits per heavy atom. The molecule has 6 rings (SSSR count). The van der Waals surface area contributed by atoms with Crippen molar-refractivity contribution >= 4 is 27.6 Å². The Morgan fingerprint density at radius 1 is 1.19 bits per heavy atom. The summed E-state index contributed by atoms with van der Waals surface area (Å²) in [4.78, 5) is 17.3. The molecular formula is C35H40BrFN2O3. The van der Waals surface area contributed by atoms with Gasteiger partial charge in [0.05, 0.1) is 11.1 Å². The summed E-state index contributed by atoms with van der Waals surface area (Å²) in [5.41, 5.74) is 4.74. The molecule has 1 unspecified atom stereocenters. The molecule has 1 aromatic heterocycles. The summed E-state index contributed by atoms with van der Waals surface area (Å²) < 4.78 is 20.7. The molecule has 222 valence electrons. The van der Waals surface area contributed by atoms with Gasteiger partial charge in [0.1, 0.15) is 17.1 Å². The van der Waals surface area contributed by atoms with Crippen LogP contribution in [-0.2, 0) is 23.1 Å². The van der Waals surface area contributed by atoms with Crippen molar-refractivity contribution in [3.8, 4) is 5.75 Å². The molecule has 0 amide bonds. The molecule has 7 heteroatoms. The Bertz CT molecular complexity index is 1470. The summed E-state index contributed by atoms with van der Waals surface area (Å²) in [6, 6.07) is 15.4. The lowest BCUT2D eigenvalue weighted by Crippen LogP contribution is -2.53. The third-order valence-corrected chi connectivity index (χ3v) is 10.9. The average molecular weight is 636 g/mol. The SMILES string of the molecule is C[C@@H](COc1ccnc2c1[C@H](C)CCC2)CC1Cc2ccccc2C12CCC(Nc1ccc(F)c(Br)c1)(C(=O)O)CC2. The van der Waals surface area contributed by atoms with Gasteiger partial charge in [0.15, 0.2) is 0 Å². The summed E-state index contributed by atoms with van der Waals surface area (Å²) in [5, 5.41) is 13.7. The zero-order valence-electron chi connectivity index (χ0n) is 24.5. The van der Waals surface area contributed by atoms with E-state index in [2.05, 4.69) is 64.3 Å². The van der Waals surface area contributed by atoms with Crippen molar-refractivity contribution in [2.75, 3.05) is 11.9 Å². The average Bonchev–Trinajstić information content (AvgIpc) is 3.27. The normalized spacial score (nSPS) is 27.2. The van der Waals surface area contributed by atoms with E-state index in [1.807, 2.05) is 12.3 Å². The maximum atomic E-state index is 13.9. The summed E-state index contributed by atoms with van der Waals surface area (Å²) in [5.74, 6) is 1.02. The summed E-state index contributed by atoms with van der Waals surface area (Å²) in [7, 11) is 0. The van der Waals surface area contributed by atoms with Gasteiger partial charge in [-0.3, -0.25) is 4.98 Å². The van der Waals surface area contributed by atoms with Gasteiger partial charge in [-0.05, 0) is 132 Å². The van der Waals surface area contributed by atoms with Crippen molar-refractivity contribution in [1.82, 2.24) is 4.98 Å². The highest BCUT2D eigenvalue weighted by molar-refractivity contribution is 9.10. The number of carbonyl (C=O) groups is 1. The van der Waals surface area contributed by atoms with Gasteiger partial charge in [0.2, 0.25) is 0 Å². The number of pyridine rings is 1. The number of aromatic nitrogens is 1. The van der Waals surface area contributed by atoms with E-state index < -0.39 is 11.5 Å². The van der Waals surface area contributed by atoms with Crippen LogP contribution in [-0.4, -0.2) is 28.2 Å². The number of hydrogen-bond donors (Lipinski definition) is 2. The molecule has 2 N–H and O–H groups in total. The van der Waals surface area contributed by atoms with E-state index in [1.165, 1.54) is 41.3 Å². The van der Waals surface area contributed by atoms with Crippen LogP contribution in [0.2, 0.25) is 0 Å². The van der Waals surface area contributed by atoms with Crippen LogP contribution in [0.3, 0.4) is 0 Å². The Kier molecular flexibility index (Phi) is 8.07. The van der Waals surface area contributed by atoms with Crippen LogP contribution in [0.1, 0.15) is 87.1 Å². The van der Waals surface area contributed by atoms with Gasteiger partial charge in [-0.2, -0.15) is 0 Å². The van der Waals surface area contributed by atoms with Crippen molar-refractivity contribution < 1.29 is 19.0 Å². The van der Waals surface area contributed by atoms with Crippen LogP contribution in [0, 0.1) is 17.7 Å². The van der Waals surface area contributed by atoms with Gasteiger partial charge >= 0.3 is 5.97 Å². The summed E-state index contributed by atoms with van der Waals surface area (Å²) in [6.07, 6.45) is 9.91. The highest BCUT2D eigenvalue weighted by atomic mass is 79.9. The Hall–Kier alpha value is -2.93. The maximum absolute atomic E-state index is 13.9. The molecule has 1 saturated carbocycles. The first-order valence-electron chi connectivity index (χ1n) is 15.4. The van der Waals surface area contributed by atoms with Crippen molar-refractivity contribution in [2.24, 2.45) is 11.8 Å². The van der Waals surface area contributed by atoms with Crippen LogP contribution in [0.15, 0.2) is 59.2 Å². The fourth-order valence-electron chi connectivity index (χ4n) is 8.07. The van der Waals surface area contributed by atoms with E-state index in [9.17, 15) is 14.3 Å². The molecule has 1 spiro atoms. The summed E-state index contributed by atoms with van der Waals surface area (Å²) >= 11 is 3.24. The van der Waals surface area contributed by atoms with Gasteiger partial charge < -0.3 is 15.2 Å². The molecule has 1 heterocycles. The van der Waals surface area contributed by atoms with Crippen molar-refractivity contribution in [2.45, 2.75) is 88.5 Å². The number of rotatable bonds is 8. The number of aliphatic carboxylic acids is 1. The standard InChI is InChI=1S/C35H40BrFN2O3/c1-22(21-42-31-12-17-38-30-9-5-6-23(2)32(30)31)18-25-19-24-7-3-4-8-27(24)34(25)13-15-35(16-14-34,33(40)41)39-26-10-11-29(37)28(36)20-26/h3-4,7-8,10-12,17,20,22-23,25,39H,5-6,9,13-16,18-19,21H2,1-2H3,(H,40,41)/t22-,23-,25?,34?,35?/m1/s1. The lowest BCUT2D eigenvalue weighted by molar-refractivity contribution is -0.144. The number of nitrogens with one attached hydrogen (secondary N) is 1. The fourth-order valence-corrected chi connectivity index (χ4v) is 8.45. The largest absolute Gasteiger partial charge is 0.493 e. The number of fused-ring (bicyclic) bond motifs is 3. The third-order valence-electron chi connectivity index (χ3n) is 10.3. The minimum Gasteiger partial charge on any atom is -0.493 e. The molecular weight excluding hydrogens is 595 g/mol. The molecule has 3 aromatic rings. The second-order valence-corrected chi connectivity index (χ2v) is 13.8. The maximum Gasteiger partial charge on any atom is 0.329 e. The Morgan fingerprint density at radius 3 is 2.74 bits per heavy atom. The molecule has 3 atom stereocenters. The van der Waals surface area contributed by atoms with Crippen LogP contribution < -0.4 is 10.1 Å². The molecule has 3 aliphatic rings. The molecule has 1 fully saturated rings. The lowest BCUT2D eigenvalue weighted by Gasteiger charge is -2.47. The van der Waals surface area contributed by atoms with Gasteiger partial charge in [-0.15, -0.1) is 0 Å². The van der Waals surface area contributed by atoms with Gasteiger partial charge in [-0.25, -0.2) is 9.18 Å². The second kappa shape index (κ2) is 11.6. The molecule has 2 aromatic carbocycles. The third kappa shape index (κ3) is 5.34. The van der Waals surface area contributed by atoms with Crippen LogP contribution >= 0.6 is 15.9 Å². The van der Waals surface area contributed by atoms with Crippen LogP contribution in [0.5, 0.6) is 5.75 Å². The molecule has 0 aliphatic heterocycles. The van der Waals surface area contributed by atoms with E-state index in [0.717, 1.165) is 37.9 Å². The number of carboxylic acids is 1. The van der Waals surface area contributed by atoms with E-state index >= 15 is 0 Å². The van der Waals surface area contributed by atoms with Crippen molar-refractivity contribution in [1.29, 1.82) is 0 Å². The molecule has 42 heavy (non-hydrogen) atoms. The second-order valence-electron chi connectivity index (χ2n) is 13.0. The van der Waals surface area contributed by atoms with Crippen molar-refractivity contribution in [3.63, 3.8) is 0 Å². The quantitative estimate of drug-likeness (QED) is 0.260. The van der Waals surface area contributed by atoms with E-state index in [0.29, 0.717) is 47.4 Å². The first-order chi connectivity index (χ1) is 20.2. The minimum atomic E-state index is -1.09. The highest BCUT2D eigenvalue weighted by Crippen LogP contribution is 2.56. The number of benzene rings is 2. The zero-order valence-corrected chi connectivity index (χ0v) is 26.1. The minimum absolute atomic E-state index is 0.0563. The molecule has 0 bridgehead atoms. The monoisotopic (exact) mass is 634 g/mol. The van der Waals surface area contributed by atoms with Crippen LogP contribution in [0.25, 0.3) is 0 Å². The van der Waals surface area contributed by atoms with Crippen molar-refractivity contribution in [3.05, 3.63) is 87.4 Å². The molecule has 0 saturated heterocycles. The zero-order chi connectivity index (χ0) is 29.5. The fraction of sp³-hybridized carbons (Fsp3) is 0.486. The smallest absolute Gasteiger partial charge is 0.329 e. The predicted octanol–water partition coefficient (Wildman–Crippen LogP) is 8.45. The number of ether oxygens (including phenoxy) is 1. The predicted molar refractivity (Wildman–Crippen MR) is 167 cm³/mol. The topological polar surface area (TPSA) is 71.5 Å². The Labute approximate surface area is 256 Å². The molecule has 5 nitrogen and oxygen atoms in total. The highest BCUT2D eigenvalue weighted by Gasteiger charge is 2.54. The number of anilines is 1. The number of aryl methyl sites for hydroxylation is 1. The number of carboxylic acid groups (broad SMARTS) is 1. The van der Waals surface area contributed by atoms with Gasteiger partial charge in [0.25, 0.3) is 0 Å². The van der Waals surface area contributed by atoms with E-state index in [1.54, 1.807) is 12.1 Å². The first kappa shape index (κ1) is 29.2. The van der Waals surface area contributed by atoms with E-state index in [4.69, 9.17) is 4.74 Å². The summed E-state index contributed by atoms with van der Waals surface area (Å²) in [6.45, 7) is 5.22. The van der Waals surface area contributed by atoms with Crippen LogP contribution in [0.4, 0.5) is 10.1 Å². The molecule has 3 aliphatic carbocycles. The van der Waals surface area contributed by atoms with E-state index in [-0.39, 0.29) is 11.2 Å². The lowest BCUT2D eigenvalue weighted by atomic mass is 9.59. The number of nitrogens with zero attached hydrogens (tertiary/aromatic N) is 1. The molecule has 0 radical (unpaired) electrons. The van der Waals surface area contributed by atoms with Gasteiger partial charge in [0, 0.05) is 23.1 Å².